The summed E-state index contributed by atoms with van der Waals surface area (Å²) in [5.41, 5.74) is 0.0390. The van der Waals surface area contributed by atoms with Crippen molar-refractivity contribution in [1.82, 2.24) is 20.4 Å². The van der Waals surface area contributed by atoms with Gasteiger partial charge in [0.15, 0.2) is 12.4 Å². The van der Waals surface area contributed by atoms with Gasteiger partial charge in [-0.15, -0.1) is 0 Å². The summed E-state index contributed by atoms with van der Waals surface area (Å²) in [4.78, 5) is 19.6. The largest absolute Gasteiger partial charge is 0.472 e. The molecule has 0 unspecified atom stereocenters. The maximum absolute atomic E-state index is 12.1. The van der Waals surface area contributed by atoms with Crippen LogP contribution in [0.4, 0.5) is 8.78 Å². The maximum atomic E-state index is 12.1. The molecule has 0 aromatic carbocycles. The van der Waals surface area contributed by atoms with Gasteiger partial charge in [0.1, 0.15) is 5.69 Å². The highest BCUT2D eigenvalue weighted by Crippen LogP contribution is 2.11. The summed E-state index contributed by atoms with van der Waals surface area (Å²) in [7, 11) is 0. The number of nitrogens with zero attached hydrogens (tertiary/aromatic N) is 3. The van der Waals surface area contributed by atoms with Gasteiger partial charge in [-0.1, -0.05) is 11.2 Å². The van der Waals surface area contributed by atoms with E-state index in [4.69, 9.17) is 4.74 Å². The lowest BCUT2D eigenvalue weighted by molar-refractivity contribution is 0.0792. The van der Waals surface area contributed by atoms with Gasteiger partial charge in [0.2, 0.25) is 12.3 Å². The second-order valence-electron chi connectivity index (χ2n) is 4.05. The van der Waals surface area contributed by atoms with Gasteiger partial charge in [-0.25, -0.2) is 13.8 Å². The standard InChI is InChI=1S/C12H12F2N4O3/c1-7(11-15-6-21-18-11)16-12(19)8-3-2-4-10(17-8)20-5-9(13)14/h2-4,6-7,9H,5H2,1H3,(H,16,19)/t7-/m0/s1. The Kier molecular flexibility index (Phi) is 4.75. The molecule has 7 nitrogen and oxygen atoms in total. The van der Waals surface area contributed by atoms with Gasteiger partial charge in [0, 0.05) is 6.07 Å². The third-order valence-corrected chi connectivity index (χ3v) is 2.43. The van der Waals surface area contributed by atoms with E-state index in [0.717, 1.165) is 6.39 Å². The van der Waals surface area contributed by atoms with Crippen molar-refractivity contribution in [3.63, 3.8) is 0 Å². The van der Waals surface area contributed by atoms with Gasteiger partial charge < -0.3 is 14.6 Å². The summed E-state index contributed by atoms with van der Waals surface area (Å²) in [5.74, 6) is -0.238. The molecule has 0 aliphatic carbocycles. The summed E-state index contributed by atoms with van der Waals surface area (Å²) in [5, 5.41) is 6.20. The summed E-state index contributed by atoms with van der Waals surface area (Å²) in [6.45, 7) is 0.886. The first kappa shape index (κ1) is 14.8. The molecule has 0 saturated heterocycles. The van der Waals surface area contributed by atoms with E-state index in [1.807, 2.05) is 0 Å². The van der Waals surface area contributed by atoms with Gasteiger partial charge >= 0.3 is 0 Å². The number of hydrogen-bond acceptors (Lipinski definition) is 6. The number of amides is 1. The third-order valence-electron chi connectivity index (χ3n) is 2.43. The van der Waals surface area contributed by atoms with Crippen LogP contribution < -0.4 is 10.1 Å². The molecule has 21 heavy (non-hydrogen) atoms. The monoisotopic (exact) mass is 298 g/mol. The van der Waals surface area contributed by atoms with E-state index >= 15 is 0 Å². The highest BCUT2D eigenvalue weighted by atomic mass is 19.3. The third kappa shape index (κ3) is 4.20. The molecule has 1 atom stereocenters. The average molecular weight is 298 g/mol. The molecule has 0 aliphatic rings. The molecule has 0 aliphatic heterocycles. The van der Waals surface area contributed by atoms with Crippen LogP contribution in [0.3, 0.4) is 0 Å². The Labute approximate surface area is 118 Å². The fourth-order valence-electron chi connectivity index (χ4n) is 1.47. The highest BCUT2D eigenvalue weighted by Gasteiger charge is 2.16. The Morgan fingerprint density at radius 3 is 2.95 bits per heavy atom. The van der Waals surface area contributed by atoms with E-state index in [1.165, 1.54) is 18.2 Å². The van der Waals surface area contributed by atoms with E-state index in [-0.39, 0.29) is 11.6 Å². The molecule has 2 heterocycles. The van der Waals surface area contributed by atoms with Crippen LogP contribution >= 0.6 is 0 Å². The van der Waals surface area contributed by atoms with Crippen molar-refractivity contribution in [2.45, 2.75) is 19.4 Å². The zero-order valence-electron chi connectivity index (χ0n) is 11.0. The second kappa shape index (κ2) is 6.73. The van der Waals surface area contributed by atoms with Gasteiger partial charge in [-0.05, 0) is 13.0 Å². The molecular formula is C12H12F2N4O3. The summed E-state index contributed by atoms with van der Waals surface area (Å²) >= 11 is 0. The Morgan fingerprint density at radius 1 is 1.48 bits per heavy atom. The van der Waals surface area contributed by atoms with Crippen molar-refractivity contribution in [2.24, 2.45) is 0 Å². The first-order chi connectivity index (χ1) is 10.1. The Hall–Kier alpha value is -2.58. The molecule has 1 N–H and O–H groups in total. The van der Waals surface area contributed by atoms with Crippen LogP contribution in [0.25, 0.3) is 0 Å². The van der Waals surface area contributed by atoms with Crippen LogP contribution in [0.15, 0.2) is 29.1 Å². The number of rotatable bonds is 6. The van der Waals surface area contributed by atoms with Crippen molar-refractivity contribution < 1.29 is 22.8 Å². The van der Waals surface area contributed by atoms with E-state index < -0.39 is 25.0 Å². The van der Waals surface area contributed by atoms with Gasteiger partial charge in [0.25, 0.3) is 12.3 Å². The van der Waals surface area contributed by atoms with Crippen LogP contribution in [0.2, 0.25) is 0 Å². The quantitative estimate of drug-likeness (QED) is 0.871. The van der Waals surface area contributed by atoms with Crippen LogP contribution in [0.5, 0.6) is 5.88 Å². The number of hydrogen-bond donors (Lipinski definition) is 1. The first-order valence-electron chi connectivity index (χ1n) is 6.01. The predicted octanol–water partition coefficient (Wildman–Crippen LogP) is 1.60. The fraction of sp³-hybridized carbons (Fsp3) is 0.333. The van der Waals surface area contributed by atoms with E-state index in [2.05, 4.69) is 25.0 Å². The lowest BCUT2D eigenvalue weighted by Crippen LogP contribution is -2.28. The van der Waals surface area contributed by atoms with Gasteiger partial charge in [-0.2, -0.15) is 4.98 Å². The minimum atomic E-state index is -2.61. The normalized spacial score (nSPS) is 12.2. The van der Waals surface area contributed by atoms with E-state index in [0.29, 0.717) is 5.82 Å². The minimum absolute atomic E-state index is 0.0390. The molecule has 0 spiro atoms. The smallest absolute Gasteiger partial charge is 0.272 e. The number of nitrogens with one attached hydrogen (secondary N) is 1. The number of halogens is 2. The molecular weight excluding hydrogens is 286 g/mol. The summed E-state index contributed by atoms with van der Waals surface area (Å²) in [6, 6.07) is 3.83. The van der Waals surface area contributed by atoms with E-state index in [1.54, 1.807) is 6.92 Å². The number of carbonyl (C=O) groups is 1. The molecule has 2 aromatic heterocycles. The summed E-state index contributed by atoms with van der Waals surface area (Å²) < 4.78 is 33.4. The molecule has 0 radical (unpaired) electrons. The molecule has 2 rings (SSSR count). The Morgan fingerprint density at radius 2 is 2.29 bits per heavy atom. The zero-order chi connectivity index (χ0) is 15.2. The van der Waals surface area contributed by atoms with Crippen LogP contribution in [0.1, 0.15) is 29.3 Å². The number of carbonyl (C=O) groups excluding carboxylic acids is 1. The number of aromatic nitrogens is 3. The summed E-state index contributed by atoms with van der Waals surface area (Å²) in [6.07, 6.45) is -1.46. The molecule has 1 amide bonds. The lowest BCUT2D eigenvalue weighted by Gasteiger charge is -2.10. The lowest BCUT2D eigenvalue weighted by atomic mass is 10.3. The Balaban J connectivity index is 2.00. The van der Waals surface area contributed by atoms with Crippen molar-refractivity contribution in [1.29, 1.82) is 0 Å². The first-order valence-corrected chi connectivity index (χ1v) is 6.01. The van der Waals surface area contributed by atoms with Crippen LogP contribution in [0, 0.1) is 0 Å². The van der Waals surface area contributed by atoms with Crippen LogP contribution in [-0.4, -0.2) is 34.1 Å². The molecule has 0 saturated carbocycles. The maximum Gasteiger partial charge on any atom is 0.272 e. The zero-order valence-corrected chi connectivity index (χ0v) is 11.0. The minimum Gasteiger partial charge on any atom is -0.472 e. The molecule has 2 aromatic rings. The molecule has 0 fully saturated rings. The van der Waals surface area contributed by atoms with Crippen molar-refractivity contribution >= 4 is 5.91 Å². The van der Waals surface area contributed by atoms with Crippen molar-refractivity contribution in [2.75, 3.05) is 6.61 Å². The molecule has 112 valence electrons. The van der Waals surface area contributed by atoms with Crippen LogP contribution in [-0.2, 0) is 0 Å². The Bertz CT molecular complexity index is 592. The molecule has 9 heteroatoms. The topological polar surface area (TPSA) is 90.1 Å². The van der Waals surface area contributed by atoms with Crippen molar-refractivity contribution in [3.8, 4) is 5.88 Å². The number of pyridine rings is 1. The van der Waals surface area contributed by atoms with Gasteiger partial charge in [0.05, 0.1) is 6.04 Å². The predicted molar refractivity (Wildman–Crippen MR) is 65.9 cm³/mol. The number of ether oxygens (including phenoxy) is 1. The van der Waals surface area contributed by atoms with E-state index in [9.17, 15) is 13.6 Å². The average Bonchev–Trinajstić information content (AvgIpc) is 2.99. The fourth-order valence-corrected chi connectivity index (χ4v) is 1.47. The SMILES string of the molecule is C[C@H](NC(=O)c1cccc(OCC(F)F)n1)c1ncon1. The van der Waals surface area contributed by atoms with Crippen molar-refractivity contribution in [3.05, 3.63) is 36.1 Å². The highest BCUT2D eigenvalue weighted by molar-refractivity contribution is 5.92. The molecule has 0 bridgehead atoms. The van der Waals surface area contributed by atoms with Gasteiger partial charge in [-0.3, -0.25) is 4.79 Å². The number of alkyl halides is 2. The second-order valence-corrected chi connectivity index (χ2v) is 4.05.